The summed E-state index contributed by atoms with van der Waals surface area (Å²) in [5, 5.41) is 10.5. The fraction of sp³-hybridized carbons (Fsp3) is 0.429. The Bertz CT molecular complexity index is 606. The highest BCUT2D eigenvalue weighted by molar-refractivity contribution is 5.31. The number of nitrogens with zero attached hydrogens (tertiary/aromatic N) is 1. The summed E-state index contributed by atoms with van der Waals surface area (Å²) in [5.74, 6) is 0. The van der Waals surface area contributed by atoms with Crippen LogP contribution in [0.25, 0.3) is 0 Å². The summed E-state index contributed by atoms with van der Waals surface area (Å²) in [4.78, 5) is 2.42. The lowest BCUT2D eigenvalue weighted by Crippen LogP contribution is -2.32. The maximum atomic E-state index is 10.5. The smallest absolute Gasteiger partial charge is 0.0802 e. The van der Waals surface area contributed by atoms with Crippen LogP contribution in [0.2, 0.25) is 0 Å². The van der Waals surface area contributed by atoms with Crippen molar-refractivity contribution in [2.75, 3.05) is 6.54 Å². The first-order valence-corrected chi connectivity index (χ1v) is 8.50. The van der Waals surface area contributed by atoms with Gasteiger partial charge >= 0.3 is 0 Å². The molecule has 124 valence electrons. The first-order valence-electron chi connectivity index (χ1n) is 8.50. The molecule has 2 aromatic carbocycles. The van der Waals surface area contributed by atoms with Crippen molar-refractivity contribution in [2.45, 2.75) is 52.8 Å². The summed E-state index contributed by atoms with van der Waals surface area (Å²) in [5.41, 5.74) is 4.86. The van der Waals surface area contributed by atoms with Crippen LogP contribution in [-0.2, 0) is 6.54 Å². The maximum Gasteiger partial charge on any atom is 0.0802 e. The van der Waals surface area contributed by atoms with E-state index in [2.05, 4.69) is 69.0 Å². The third-order valence-corrected chi connectivity index (χ3v) is 4.56. The molecule has 0 amide bonds. The molecule has 0 aromatic heterocycles. The zero-order valence-electron chi connectivity index (χ0n) is 14.8. The Kier molecular flexibility index (Phi) is 6.37. The van der Waals surface area contributed by atoms with Crippen LogP contribution < -0.4 is 0 Å². The number of aryl methyl sites for hydroxylation is 2. The predicted molar refractivity (Wildman–Crippen MR) is 97.5 cm³/mol. The largest absolute Gasteiger partial charge is 0.388 e. The Morgan fingerprint density at radius 1 is 0.957 bits per heavy atom. The van der Waals surface area contributed by atoms with E-state index in [4.69, 9.17) is 0 Å². The Hall–Kier alpha value is -1.64. The lowest BCUT2D eigenvalue weighted by Gasteiger charge is -2.27. The summed E-state index contributed by atoms with van der Waals surface area (Å²) in [6.07, 6.45) is 0.361. The van der Waals surface area contributed by atoms with Crippen LogP contribution in [0.1, 0.15) is 48.6 Å². The van der Waals surface area contributed by atoms with Gasteiger partial charge in [0.2, 0.25) is 0 Å². The Morgan fingerprint density at radius 3 is 2.26 bits per heavy atom. The molecule has 23 heavy (non-hydrogen) atoms. The zero-order chi connectivity index (χ0) is 16.8. The van der Waals surface area contributed by atoms with Gasteiger partial charge in [-0.3, -0.25) is 4.90 Å². The highest BCUT2D eigenvalue weighted by Crippen LogP contribution is 2.21. The van der Waals surface area contributed by atoms with E-state index in [1.54, 1.807) is 0 Å². The number of aliphatic hydroxyl groups excluding tert-OH is 1. The molecular weight excluding hydrogens is 282 g/mol. The molecule has 0 bridgehead atoms. The van der Waals surface area contributed by atoms with E-state index >= 15 is 0 Å². The van der Waals surface area contributed by atoms with Gasteiger partial charge in [-0.1, -0.05) is 48.5 Å². The maximum absolute atomic E-state index is 10.5. The predicted octanol–water partition coefficient (Wildman–Crippen LogP) is 4.64. The van der Waals surface area contributed by atoms with Gasteiger partial charge in [0.1, 0.15) is 0 Å². The van der Waals surface area contributed by atoms with Crippen LogP contribution in [0.3, 0.4) is 0 Å². The van der Waals surface area contributed by atoms with Gasteiger partial charge in [0, 0.05) is 19.1 Å². The average Bonchev–Trinajstić information content (AvgIpc) is 2.54. The molecule has 0 spiro atoms. The Morgan fingerprint density at radius 2 is 1.65 bits per heavy atom. The number of hydrogen-bond donors (Lipinski definition) is 1. The van der Waals surface area contributed by atoms with Crippen LogP contribution in [0.4, 0.5) is 0 Å². The van der Waals surface area contributed by atoms with Gasteiger partial charge in [-0.15, -0.1) is 0 Å². The number of rotatable bonds is 7. The monoisotopic (exact) mass is 311 g/mol. The highest BCUT2D eigenvalue weighted by Gasteiger charge is 2.14. The molecule has 0 fully saturated rings. The van der Waals surface area contributed by atoms with Gasteiger partial charge in [0.25, 0.3) is 0 Å². The highest BCUT2D eigenvalue weighted by atomic mass is 16.3. The van der Waals surface area contributed by atoms with Crippen LogP contribution in [0, 0.1) is 13.8 Å². The molecule has 2 nitrogen and oxygen atoms in total. The van der Waals surface area contributed by atoms with Crippen LogP contribution in [0.5, 0.6) is 0 Å². The van der Waals surface area contributed by atoms with Crippen LogP contribution >= 0.6 is 0 Å². The standard InChI is InChI=1S/C21H29NO/c1-16(2)22(15-19-8-6-5-7-9-19)13-12-21(23)20-11-10-17(3)18(4)14-20/h5-11,14,16,21,23H,12-13,15H2,1-4H3. The molecule has 2 aromatic rings. The second-order valence-electron chi connectivity index (χ2n) is 6.70. The van der Waals surface area contributed by atoms with Crippen LogP contribution in [-0.4, -0.2) is 22.6 Å². The second-order valence-corrected chi connectivity index (χ2v) is 6.70. The van der Waals surface area contributed by atoms with E-state index in [9.17, 15) is 5.11 Å². The van der Waals surface area contributed by atoms with Crippen molar-refractivity contribution in [3.8, 4) is 0 Å². The van der Waals surface area contributed by atoms with Gasteiger partial charge in [0.05, 0.1) is 6.10 Å². The van der Waals surface area contributed by atoms with E-state index in [1.165, 1.54) is 16.7 Å². The van der Waals surface area contributed by atoms with Gasteiger partial charge in [-0.2, -0.15) is 0 Å². The molecular formula is C21H29NO. The molecule has 0 aliphatic carbocycles. The lowest BCUT2D eigenvalue weighted by molar-refractivity contribution is 0.127. The first kappa shape index (κ1) is 17.7. The number of hydrogen-bond acceptors (Lipinski definition) is 2. The topological polar surface area (TPSA) is 23.5 Å². The molecule has 0 saturated heterocycles. The fourth-order valence-electron chi connectivity index (χ4n) is 2.76. The Labute approximate surface area is 140 Å². The first-order chi connectivity index (χ1) is 11.0. The minimum absolute atomic E-state index is 0.397. The average molecular weight is 311 g/mol. The summed E-state index contributed by atoms with van der Waals surface area (Å²) in [6.45, 7) is 10.4. The summed E-state index contributed by atoms with van der Waals surface area (Å²) >= 11 is 0. The lowest BCUT2D eigenvalue weighted by atomic mass is 10.0. The summed E-state index contributed by atoms with van der Waals surface area (Å²) in [7, 11) is 0. The number of aliphatic hydroxyl groups is 1. The fourth-order valence-corrected chi connectivity index (χ4v) is 2.76. The molecule has 0 radical (unpaired) electrons. The van der Waals surface area contributed by atoms with Gasteiger partial charge in [-0.05, 0) is 56.4 Å². The summed E-state index contributed by atoms with van der Waals surface area (Å²) < 4.78 is 0. The molecule has 0 heterocycles. The normalized spacial score (nSPS) is 12.8. The molecule has 1 N–H and O–H groups in total. The Balaban J connectivity index is 1.96. The summed E-state index contributed by atoms with van der Waals surface area (Å²) in [6, 6.07) is 17.2. The van der Waals surface area contributed by atoms with Crippen molar-refractivity contribution < 1.29 is 5.11 Å². The molecule has 2 rings (SSSR count). The minimum Gasteiger partial charge on any atom is -0.388 e. The van der Waals surface area contributed by atoms with Crippen molar-refractivity contribution in [1.82, 2.24) is 4.90 Å². The van der Waals surface area contributed by atoms with E-state index < -0.39 is 6.10 Å². The van der Waals surface area contributed by atoms with E-state index in [0.29, 0.717) is 6.04 Å². The van der Waals surface area contributed by atoms with E-state index in [1.807, 2.05) is 12.1 Å². The van der Waals surface area contributed by atoms with Gasteiger partial charge < -0.3 is 5.11 Å². The number of benzene rings is 2. The van der Waals surface area contributed by atoms with Crippen molar-refractivity contribution in [2.24, 2.45) is 0 Å². The van der Waals surface area contributed by atoms with E-state index in [-0.39, 0.29) is 0 Å². The molecule has 0 aliphatic rings. The molecule has 2 heteroatoms. The molecule has 0 saturated carbocycles. The molecule has 1 atom stereocenters. The van der Waals surface area contributed by atoms with Crippen molar-refractivity contribution >= 4 is 0 Å². The third kappa shape index (κ3) is 5.19. The van der Waals surface area contributed by atoms with Crippen molar-refractivity contribution in [3.63, 3.8) is 0 Å². The quantitative estimate of drug-likeness (QED) is 0.805. The SMILES string of the molecule is Cc1ccc(C(O)CCN(Cc2ccccc2)C(C)C)cc1C. The molecule has 1 unspecified atom stereocenters. The molecule has 0 aliphatic heterocycles. The van der Waals surface area contributed by atoms with Gasteiger partial charge in [-0.25, -0.2) is 0 Å². The van der Waals surface area contributed by atoms with Crippen molar-refractivity contribution in [3.05, 3.63) is 70.8 Å². The second kappa shape index (κ2) is 8.28. The van der Waals surface area contributed by atoms with Crippen molar-refractivity contribution in [1.29, 1.82) is 0 Å². The minimum atomic E-state index is -0.397. The third-order valence-electron chi connectivity index (χ3n) is 4.56. The zero-order valence-corrected chi connectivity index (χ0v) is 14.8. The van der Waals surface area contributed by atoms with Crippen LogP contribution in [0.15, 0.2) is 48.5 Å². The van der Waals surface area contributed by atoms with Gasteiger partial charge in [0.15, 0.2) is 0 Å². The van der Waals surface area contributed by atoms with E-state index in [0.717, 1.165) is 25.1 Å².